The normalized spacial score (nSPS) is 13.2. The van der Waals surface area contributed by atoms with Crippen molar-refractivity contribution in [2.24, 2.45) is 11.7 Å². The third-order valence-electron chi connectivity index (χ3n) is 4.11. The Balaban J connectivity index is 0.00000312. The summed E-state index contributed by atoms with van der Waals surface area (Å²) in [6, 6.07) is 9.51. The molecular weight excluding hydrogens is 336 g/mol. The van der Waals surface area contributed by atoms with E-state index < -0.39 is 0 Å². The van der Waals surface area contributed by atoms with Crippen LogP contribution in [0.4, 0.5) is 0 Å². The number of amides is 1. The van der Waals surface area contributed by atoms with Gasteiger partial charge in [0.05, 0.1) is 11.4 Å². The van der Waals surface area contributed by atoms with Crippen LogP contribution in [-0.4, -0.2) is 27.8 Å². The lowest BCUT2D eigenvalue weighted by atomic mass is 9.90. The van der Waals surface area contributed by atoms with Crippen LogP contribution in [0.5, 0.6) is 0 Å². The predicted molar refractivity (Wildman–Crippen MR) is 105 cm³/mol. The zero-order valence-corrected chi connectivity index (χ0v) is 16.5. The molecule has 1 aromatic carbocycles. The minimum absolute atomic E-state index is 0. The molecule has 1 amide bonds. The molecule has 2 rings (SSSR count). The van der Waals surface area contributed by atoms with Gasteiger partial charge < -0.3 is 11.1 Å². The van der Waals surface area contributed by atoms with Crippen molar-refractivity contribution in [1.82, 2.24) is 15.1 Å². The molecule has 1 heterocycles. The number of carbonyl (C=O) groups excluding carboxylic acids is 1. The fourth-order valence-corrected chi connectivity index (χ4v) is 3.08. The van der Waals surface area contributed by atoms with E-state index in [4.69, 9.17) is 5.73 Å². The van der Waals surface area contributed by atoms with Crippen LogP contribution in [0.3, 0.4) is 0 Å². The van der Waals surface area contributed by atoms with Gasteiger partial charge in [-0.25, -0.2) is 4.68 Å². The first-order valence-corrected chi connectivity index (χ1v) is 8.40. The summed E-state index contributed by atoms with van der Waals surface area (Å²) in [6.45, 7) is 10.6. The van der Waals surface area contributed by atoms with E-state index in [2.05, 4.69) is 24.3 Å². The van der Waals surface area contributed by atoms with Crippen LogP contribution in [0.1, 0.15) is 48.9 Å². The van der Waals surface area contributed by atoms with Gasteiger partial charge in [0.1, 0.15) is 0 Å². The van der Waals surface area contributed by atoms with Crippen LogP contribution < -0.4 is 11.1 Å². The van der Waals surface area contributed by atoms with Gasteiger partial charge in [-0.05, 0) is 63.4 Å². The minimum Gasteiger partial charge on any atom is -0.346 e. The van der Waals surface area contributed by atoms with Crippen molar-refractivity contribution in [2.75, 3.05) is 6.54 Å². The number of nitrogens with one attached hydrogen (secondary N) is 1. The maximum Gasteiger partial charge on any atom is 0.251 e. The van der Waals surface area contributed by atoms with E-state index in [-0.39, 0.29) is 23.9 Å². The third kappa shape index (κ3) is 5.31. The zero-order valence-electron chi connectivity index (χ0n) is 15.7. The number of aromatic nitrogens is 2. The van der Waals surface area contributed by atoms with Gasteiger partial charge in [-0.3, -0.25) is 4.79 Å². The first kappa shape index (κ1) is 21.2. The quantitative estimate of drug-likeness (QED) is 0.824. The van der Waals surface area contributed by atoms with E-state index in [0.29, 0.717) is 18.0 Å². The Hall–Kier alpha value is -1.85. The molecule has 0 aliphatic carbocycles. The Kier molecular flexibility index (Phi) is 7.20. The number of aryl methyl sites for hydroxylation is 2. The smallest absolute Gasteiger partial charge is 0.251 e. The maximum atomic E-state index is 12.5. The molecule has 2 aromatic rings. The summed E-state index contributed by atoms with van der Waals surface area (Å²) in [5.41, 5.74) is 9.10. The van der Waals surface area contributed by atoms with Gasteiger partial charge in [0.25, 0.3) is 5.91 Å². The predicted octanol–water partition coefficient (Wildman–Crippen LogP) is 3.40. The summed E-state index contributed by atoms with van der Waals surface area (Å²) < 4.78 is 1.87. The fourth-order valence-electron chi connectivity index (χ4n) is 3.08. The van der Waals surface area contributed by atoms with Gasteiger partial charge in [0.2, 0.25) is 0 Å². The van der Waals surface area contributed by atoms with Crippen LogP contribution in [0.2, 0.25) is 0 Å². The van der Waals surface area contributed by atoms with Crippen molar-refractivity contribution in [3.63, 3.8) is 0 Å². The lowest BCUT2D eigenvalue weighted by Crippen LogP contribution is -2.52. The lowest BCUT2D eigenvalue weighted by molar-refractivity contribution is 0.0898. The number of nitrogens with two attached hydrogens (primary N) is 1. The van der Waals surface area contributed by atoms with Gasteiger partial charge in [0, 0.05) is 23.3 Å². The number of halogens is 1. The highest BCUT2D eigenvalue weighted by molar-refractivity contribution is 5.94. The molecular formula is C19H29ClN4O. The molecule has 0 aliphatic rings. The molecule has 1 aromatic heterocycles. The lowest BCUT2D eigenvalue weighted by Gasteiger charge is -2.31. The molecule has 0 saturated carbocycles. The highest BCUT2D eigenvalue weighted by Crippen LogP contribution is 2.17. The summed E-state index contributed by atoms with van der Waals surface area (Å²) in [5.74, 6) is 0.371. The minimum atomic E-state index is -0.389. The Morgan fingerprint density at radius 1 is 1.28 bits per heavy atom. The van der Waals surface area contributed by atoms with Gasteiger partial charge in [0.15, 0.2) is 0 Å². The van der Waals surface area contributed by atoms with Crippen molar-refractivity contribution in [3.8, 4) is 5.69 Å². The van der Waals surface area contributed by atoms with Gasteiger partial charge in [-0.15, -0.1) is 12.4 Å². The number of carbonyl (C=O) groups is 1. The van der Waals surface area contributed by atoms with E-state index >= 15 is 0 Å². The molecule has 25 heavy (non-hydrogen) atoms. The molecule has 6 heteroatoms. The van der Waals surface area contributed by atoms with Gasteiger partial charge in [-0.2, -0.15) is 5.10 Å². The van der Waals surface area contributed by atoms with Crippen molar-refractivity contribution >= 4 is 18.3 Å². The van der Waals surface area contributed by atoms with Crippen LogP contribution in [0.15, 0.2) is 30.3 Å². The molecule has 138 valence electrons. The van der Waals surface area contributed by atoms with Crippen LogP contribution >= 0.6 is 12.4 Å². The standard InChI is InChI=1S/C19H28N4O.ClH/c1-13(2)11-19(5,12-20)21-18(24)16-6-8-17(9-7-16)23-15(4)10-14(3)22-23;/h6-10,13H,11-12,20H2,1-5H3,(H,21,24);1H. The fraction of sp³-hybridized carbons (Fsp3) is 0.474. The molecule has 0 aliphatic heterocycles. The molecule has 0 fully saturated rings. The molecule has 0 radical (unpaired) electrons. The topological polar surface area (TPSA) is 72.9 Å². The first-order valence-electron chi connectivity index (χ1n) is 8.40. The number of benzene rings is 1. The SMILES string of the molecule is Cc1cc(C)n(-c2ccc(C(=O)NC(C)(CN)CC(C)C)cc2)n1.Cl. The van der Waals surface area contributed by atoms with Crippen molar-refractivity contribution in [2.45, 2.75) is 46.6 Å². The number of rotatable bonds is 6. The van der Waals surface area contributed by atoms with Crippen LogP contribution in [-0.2, 0) is 0 Å². The Morgan fingerprint density at radius 2 is 1.88 bits per heavy atom. The molecule has 0 saturated heterocycles. The van der Waals surface area contributed by atoms with Crippen LogP contribution in [0, 0.1) is 19.8 Å². The van der Waals surface area contributed by atoms with Crippen molar-refractivity contribution in [1.29, 1.82) is 0 Å². The summed E-state index contributed by atoms with van der Waals surface area (Å²) in [6.07, 6.45) is 0.846. The third-order valence-corrected chi connectivity index (χ3v) is 4.11. The van der Waals surface area contributed by atoms with Crippen molar-refractivity contribution < 1.29 is 4.79 Å². The molecule has 3 N–H and O–H groups in total. The maximum absolute atomic E-state index is 12.5. The highest BCUT2D eigenvalue weighted by Gasteiger charge is 2.26. The molecule has 1 unspecified atom stereocenters. The average molecular weight is 365 g/mol. The summed E-state index contributed by atoms with van der Waals surface area (Å²) >= 11 is 0. The van der Waals surface area contributed by atoms with E-state index in [0.717, 1.165) is 23.5 Å². The second-order valence-electron chi connectivity index (χ2n) is 7.20. The van der Waals surface area contributed by atoms with E-state index in [9.17, 15) is 4.79 Å². The molecule has 0 spiro atoms. The monoisotopic (exact) mass is 364 g/mol. The van der Waals surface area contributed by atoms with Gasteiger partial charge >= 0.3 is 0 Å². The summed E-state index contributed by atoms with van der Waals surface area (Å²) in [7, 11) is 0. The van der Waals surface area contributed by atoms with Crippen LogP contribution in [0.25, 0.3) is 5.69 Å². The van der Waals surface area contributed by atoms with Crippen molar-refractivity contribution in [3.05, 3.63) is 47.3 Å². The largest absolute Gasteiger partial charge is 0.346 e. The Morgan fingerprint density at radius 3 is 2.32 bits per heavy atom. The number of hydrogen-bond acceptors (Lipinski definition) is 3. The second kappa shape index (κ2) is 8.50. The first-order chi connectivity index (χ1) is 11.2. The van der Waals surface area contributed by atoms with E-state index in [1.165, 1.54) is 0 Å². The number of hydrogen-bond donors (Lipinski definition) is 2. The summed E-state index contributed by atoms with van der Waals surface area (Å²) in [5, 5.41) is 7.54. The molecule has 5 nitrogen and oxygen atoms in total. The Bertz CT molecular complexity index is 709. The second-order valence-corrected chi connectivity index (χ2v) is 7.20. The number of nitrogens with zero attached hydrogens (tertiary/aromatic N) is 2. The van der Waals surface area contributed by atoms with E-state index in [1.807, 2.05) is 55.8 Å². The highest BCUT2D eigenvalue weighted by atomic mass is 35.5. The van der Waals surface area contributed by atoms with E-state index in [1.54, 1.807) is 0 Å². The zero-order chi connectivity index (χ0) is 17.9. The Labute approximate surface area is 156 Å². The average Bonchev–Trinajstić information content (AvgIpc) is 2.85. The summed E-state index contributed by atoms with van der Waals surface area (Å²) in [4.78, 5) is 12.5. The molecule has 1 atom stereocenters. The van der Waals surface area contributed by atoms with Gasteiger partial charge in [-0.1, -0.05) is 13.8 Å². The molecule has 0 bridgehead atoms.